The Hall–Kier alpha value is 0.0800. The number of hydrogen-bond acceptors (Lipinski definition) is 6. The summed E-state index contributed by atoms with van der Waals surface area (Å²) in [7, 11) is -4.25. The van der Waals surface area contributed by atoms with Gasteiger partial charge in [0.2, 0.25) is 0 Å². The average molecular weight is 164 g/mol. The second-order valence-electron chi connectivity index (χ2n) is 0.636. The summed E-state index contributed by atoms with van der Waals surface area (Å²) in [5.74, 6) is 4.15. The molecular formula is H2ClNO5S. The first-order valence-electron chi connectivity index (χ1n) is 1.22. The Morgan fingerprint density at radius 2 is 2.00 bits per heavy atom. The van der Waals surface area contributed by atoms with E-state index in [0.717, 1.165) is 0 Å². The van der Waals surface area contributed by atoms with Crippen LogP contribution in [0.5, 0.6) is 0 Å². The lowest BCUT2D eigenvalue weighted by Gasteiger charge is -1.91. The maximum Gasteiger partial charge on any atom is 0.444 e. The third-order valence-electron chi connectivity index (χ3n) is 0.200. The summed E-state index contributed by atoms with van der Waals surface area (Å²) in [6, 6.07) is 0. The van der Waals surface area contributed by atoms with Crippen LogP contribution in [0.2, 0.25) is 0 Å². The molecule has 2 N–H and O–H groups in total. The molecule has 0 aliphatic heterocycles. The van der Waals surface area contributed by atoms with Gasteiger partial charge in [-0.05, 0) is 0 Å². The molecule has 0 saturated heterocycles. The topological polar surface area (TPSA) is 87.9 Å². The fourth-order valence-corrected chi connectivity index (χ4v) is 0.239. The highest BCUT2D eigenvalue weighted by Crippen LogP contribution is 1.95. The molecule has 0 heterocycles. The van der Waals surface area contributed by atoms with Crippen molar-refractivity contribution in [2.24, 2.45) is 5.90 Å². The fraction of sp³-hybridized carbons (Fsp3) is 0. The maximum absolute atomic E-state index is 9.82. The van der Waals surface area contributed by atoms with Crippen molar-refractivity contribution in [2.45, 2.75) is 0 Å². The predicted octanol–water partition coefficient (Wildman–Crippen LogP) is -0.776. The molecule has 0 aliphatic carbocycles. The van der Waals surface area contributed by atoms with E-state index in [1.165, 1.54) is 0 Å². The average Bonchev–Trinajstić information content (AvgIpc) is 1.67. The van der Waals surface area contributed by atoms with Gasteiger partial charge in [0.25, 0.3) is 0 Å². The van der Waals surface area contributed by atoms with Crippen molar-refractivity contribution < 1.29 is 21.5 Å². The molecule has 0 spiro atoms. The van der Waals surface area contributed by atoms with Crippen LogP contribution in [0.25, 0.3) is 0 Å². The van der Waals surface area contributed by atoms with Crippen molar-refractivity contribution in [1.29, 1.82) is 0 Å². The standard InChI is InChI=1S/ClH2NO5S/c1-5-8(3,4)7-6-2/h2H2. The van der Waals surface area contributed by atoms with Crippen LogP contribution < -0.4 is 5.90 Å². The Kier molecular flexibility index (Phi) is 3.21. The summed E-state index contributed by atoms with van der Waals surface area (Å²) in [6.07, 6.45) is 0. The van der Waals surface area contributed by atoms with Crippen LogP contribution >= 0.6 is 11.9 Å². The molecule has 0 fully saturated rings. The van der Waals surface area contributed by atoms with Gasteiger partial charge < -0.3 is 0 Å². The van der Waals surface area contributed by atoms with E-state index < -0.39 is 10.4 Å². The maximum atomic E-state index is 9.82. The first-order valence-corrected chi connectivity index (χ1v) is 2.87. The van der Waals surface area contributed by atoms with Gasteiger partial charge >= 0.3 is 10.4 Å². The summed E-state index contributed by atoms with van der Waals surface area (Å²) in [6.45, 7) is 0. The molecule has 0 amide bonds. The smallest absolute Gasteiger partial charge is 0.181 e. The minimum absolute atomic E-state index is 3.20. The van der Waals surface area contributed by atoms with Crippen LogP contribution in [-0.4, -0.2) is 8.42 Å². The molecule has 50 valence electrons. The van der Waals surface area contributed by atoms with E-state index in [1.54, 1.807) is 0 Å². The Morgan fingerprint density at radius 3 is 2.12 bits per heavy atom. The molecule has 0 rings (SSSR count). The van der Waals surface area contributed by atoms with Crippen LogP contribution in [0.3, 0.4) is 0 Å². The van der Waals surface area contributed by atoms with Gasteiger partial charge in [0.05, 0.1) is 11.9 Å². The van der Waals surface area contributed by atoms with E-state index in [0.29, 0.717) is 0 Å². The highest BCUT2D eigenvalue weighted by molar-refractivity contribution is 7.82. The van der Waals surface area contributed by atoms with Gasteiger partial charge in [-0.15, -0.1) is 8.72 Å². The molecule has 8 heteroatoms. The van der Waals surface area contributed by atoms with Gasteiger partial charge in [-0.2, -0.15) is 14.3 Å². The number of hydrogen-bond donors (Lipinski definition) is 1. The Morgan fingerprint density at radius 1 is 1.50 bits per heavy atom. The van der Waals surface area contributed by atoms with Crippen LogP contribution in [0.15, 0.2) is 0 Å². The van der Waals surface area contributed by atoms with E-state index in [2.05, 4.69) is 30.8 Å². The van der Waals surface area contributed by atoms with Gasteiger partial charge in [0, 0.05) is 0 Å². The molecule has 0 saturated carbocycles. The van der Waals surface area contributed by atoms with E-state index in [9.17, 15) is 8.42 Å². The lowest BCUT2D eigenvalue weighted by atomic mass is 13.5. The van der Waals surface area contributed by atoms with Gasteiger partial charge in [-0.25, -0.2) is 0 Å². The SMILES string of the molecule is NOOS(=O)(=O)OCl. The largest absolute Gasteiger partial charge is 0.444 e. The fourth-order valence-electron chi connectivity index (χ4n) is 0.0586. The van der Waals surface area contributed by atoms with Crippen molar-refractivity contribution in [2.75, 3.05) is 0 Å². The van der Waals surface area contributed by atoms with Gasteiger partial charge in [-0.3, -0.25) is 0 Å². The summed E-state index contributed by atoms with van der Waals surface area (Å²) in [4.78, 5) is 3.20. The molecule has 0 radical (unpaired) electrons. The molecule has 0 aromatic heterocycles. The monoisotopic (exact) mass is 163 g/mol. The third kappa shape index (κ3) is 3.13. The summed E-state index contributed by atoms with van der Waals surface area (Å²) < 4.78 is 26.1. The molecule has 8 heavy (non-hydrogen) atoms. The van der Waals surface area contributed by atoms with E-state index in [1.807, 2.05) is 0 Å². The molecule has 0 aliphatic rings. The van der Waals surface area contributed by atoms with Crippen LogP contribution in [0.1, 0.15) is 0 Å². The molecule has 0 bridgehead atoms. The van der Waals surface area contributed by atoms with Crippen molar-refractivity contribution in [3.05, 3.63) is 0 Å². The van der Waals surface area contributed by atoms with E-state index in [4.69, 9.17) is 0 Å². The minimum Gasteiger partial charge on any atom is -0.181 e. The number of halogens is 1. The molecule has 0 aromatic rings. The Balaban J connectivity index is 3.76. The molecule has 0 aromatic carbocycles. The van der Waals surface area contributed by atoms with Crippen LogP contribution in [0.4, 0.5) is 0 Å². The first-order chi connectivity index (χ1) is 3.62. The molecule has 0 atom stereocenters. The normalized spacial score (nSPS) is 11.8. The zero-order valence-corrected chi connectivity index (χ0v) is 4.98. The number of nitrogens with two attached hydrogens (primary N) is 1. The zero-order chi connectivity index (χ0) is 6.62. The highest BCUT2D eigenvalue weighted by atomic mass is 35.5. The minimum atomic E-state index is -4.25. The van der Waals surface area contributed by atoms with Crippen molar-refractivity contribution in [3.63, 3.8) is 0 Å². The number of rotatable bonds is 3. The zero-order valence-electron chi connectivity index (χ0n) is 3.40. The third-order valence-corrected chi connectivity index (χ3v) is 1.06. The van der Waals surface area contributed by atoms with Crippen molar-refractivity contribution in [1.82, 2.24) is 0 Å². The van der Waals surface area contributed by atoms with Crippen LogP contribution in [0, 0.1) is 0 Å². The second kappa shape index (κ2) is 3.17. The van der Waals surface area contributed by atoms with Gasteiger partial charge in [-0.1, -0.05) is 4.33 Å². The highest BCUT2D eigenvalue weighted by Gasteiger charge is 2.10. The van der Waals surface area contributed by atoms with E-state index in [-0.39, 0.29) is 0 Å². The Labute approximate surface area is 50.5 Å². The predicted molar refractivity (Wildman–Crippen MR) is 22.2 cm³/mol. The lowest BCUT2D eigenvalue weighted by Crippen LogP contribution is -2.09. The summed E-state index contributed by atoms with van der Waals surface area (Å²) >= 11 is 4.32. The quantitative estimate of drug-likeness (QED) is 0.434. The van der Waals surface area contributed by atoms with Crippen LogP contribution in [-0.2, 0) is 23.5 Å². The van der Waals surface area contributed by atoms with Crippen molar-refractivity contribution in [3.8, 4) is 0 Å². The summed E-state index contributed by atoms with van der Waals surface area (Å²) in [5, 5.41) is 0. The lowest BCUT2D eigenvalue weighted by molar-refractivity contribution is -0.211. The van der Waals surface area contributed by atoms with Crippen molar-refractivity contribution >= 4 is 22.3 Å². The first kappa shape index (κ1) is 8.08. The van der Waals surface area contributed by atoms with Gasteiger partial charge in [0.1, 0.15) is 0 Å². The van der Waals surface area contributed by atoms with E-state index >= 15 is 0 Å². The second-order valence-corrected chi connectivity index (χ2v) is 2.09. The summed E-state index contributed by atoms with van der Waals surface area (Å²) in [5.41, 5.74) is 0. The molecule has 6 nitrogen and oxygen atoms in total. The molecular weight excluding hydrogens is 162 g/mol. The van der Waals surface area contributed by atoms with Gasteiger partial charge in [0.15, 0.2) is 0 Å². The molecule has 0 unspecified atom stereocenters. The Bertz CT molecular complexity index is 137.